The number of aryl methyl sites for hydroxylation is 3. The Labute approximate surface area is 160 Å². The Kier molecular flexibility index (Phi) is 4.11. The van der Waals surface area contributed by atoms with Crippen LogP contribution in [0.2, 0.25) is 5.02 Å². The molecule has 1 atom stereocenters. The van der Waals surface area contributed by atoms with E-state index in [1.807, 2.05) is 12.1 Å². The number of rotatable bonds is 4. The molecule has 0 aliphatic heterocycles. The van der Waals surface area contributed by atoms with Crippen LogP contribution in [0.4, 0.5) is 0 Å². The molecule has 1 aromatic carbocycles. The van der Waals surface area contributed by atoms with Crippen molar-refractivity contribution in [2.45, 2.75) is 59.3 Å². The SMILES string of the molecule is CCC(C)(c1cc(C)nc2c(-c3ccc(Cl)cc3C)c(C)nn12)C1CC1. The van der Waals surface area contributed by atoms with Gasteiger partial charge in [0.15, 0.2) is 5.65 Å². The zero-order valence-electron chi connectivity index (χ0n) is 16.2. The third kappa shape index (κ3) is 2.64. The lowest BCUT2D eigenvalue weighted by atomic mass is 9.78. The van der Waals surface area contributed by atoms with Gasteiger partial charge in [-0.15, -0.1) is 0 Å². The maximum Gasteiger partial charge on any atom is 0.163 e. The van der Waals surface area contributed by atoms with E-state index >= 15 is 0 Å². The molecule has 0 saturated heterocycles. The second-order valence-corrected chi connectivity index (χ2v) is 8.42. The number of aromatic nitrogens is 3. The van der Waals surface area contributed by atoms with Crippen LogP contribution < -0.4 is 0 Å². The van der Waals surface area contributed by atoms with Gasteiger partial charge < -0.3 is 0 Å². The number of hydrogen-bond donors (Lipinski definition) is 0. The summed E-state index contributed by atoms with van der Waals surface area (Å²) in [6.07, 6.45) is 3.75. The average Bonchev–Trinajstić information content (AvgIpc) is 3.39. The van der Waals surface area contributed by atoms with Gasteiger partial charge in [-0.1, -0.05) is 31.5 Å². The maximum atomic E-state index is 6.17. The van der Waals surface area contributed by atoms with Crippen LogP contribution in [0.1, 0.15) is 55.8 Å². The molecule has 0 radical (unpaired) electrons. The summed E-state index contributed by atoms with van der Waals surface area (Å²) in [7, 11) is 0. The molecule has 0 spiro atoms. The molecule has 2 heterocycles. The molecule has 26 heavy (non-hydrogen) atoms. The topological polar surface area (TPSA) is 30.2 Å². The van der Waals surface area contributed by atoms with Crippen LogP contribution in [0.3, 0.4) is 0 Å². The summed E-state index contributed by atoms with van der Waals surface area (Å²) in [5.74, 6) is 0.753. The van der Waals surface area contributed by atoms with E-state index in [9.17, 15) is 0 Å². The number of hydrogen-bond acceptors (Lipinski definition) is 2. The van der Waals surface area contributed by atoms with Crippen LogP contribution in [-0.2, 0) is 5.41 Å². The van der Waals surface area contributed by atoms with Gasteiger partial charge in [-0.05, 0) is 75.3 Å². The monoisotopic (exact) mass is 367 g/mol. The van der Waals surface area contributed by atoms with E-state index in [0.29, 0.717) is 0 Å². The van der Waals surface area contributed by atoms with Crippen molar-refractivity contribution in [3.05, 3.63) is 51.9 Å². The van der Waals surface area contributed by atoms with Crippen LogP contribution in [-0.4, -0.2) is 14.6 Å². The largest absolute Gasteiger partial charge is 0.233 e. The van der Waals surface area contributed by atoms with Gasteiger partial charge in [0.1, 0.15) is 0 Å². The highest BCUT2D eigenvalue weighted by Crippen LogP contribution is 2.49. The molecule has 4 heteroatoms. The van der Waals surface area contributed by atoms with Crippen LogP contribution in [0.5, 0.6) is 0 Å². The summed E-state index contributed by atoms with van der Waals surface area (Å²) >= 11 is 6.17. The van der Waals surface area contributed by atoms with Crippen molar-refractivity contribution in [1.29, 1.82) is 0 Å². The fourth-order valence-electron chi connectivity index (χ4n) is 4.27. The Morgan fingerprint density at radius 1 is 1.19 bits per heavy atom. The van der Waals surface area contributed by atoms with Crippen LogP contribution in [0.25, 0.3) is 16.8 Å². The molecular weight excluding hydrogens is 342 g/mol. The van der Waals surface area contributed by atoms with Gasteiger partial charge in [-0.25, -0.2) is 9.50 Å². The maximum absolute atomic E-state index is 6.17. The van der Waals surface area contributed by atoms with E-state index in [0.717, 1.165) is 51.1 Å². The van der Waals surface area contributed by atoms with Crippen molar-refractivity contribution < 1.29 is 0 Å². The van der Waals surface area contributed by atoms with Gasteiger partial charge in [0.25, 0.3) is 0 Å². The van der Waals surface area contributed by atoms with Gasteiger partial charge in [0.2, 0.25) is 0 Å². The molecule has 1 fully saturated rings. The predicted molar refractivity (Wildman–Crippen MR) is 108 cm³/mol. The Morgan fingerprint density at radius 3 is 2.54 bits per heavy atom. The normalized spacial score (nSPS) is 16.8. The molecule has 0 bridgehead atoms. The van der Waals surface area contributed by atoms with Crippen molar-refractivity contribution in [2.24, 2.45) is 5.92 Å². The van der Waals surface area contributed by atoms with Crippen molar-refractivity contribution in [1.82, 2.24) is 14.6 Å². The van der Waals surface area contributed by atoms with Crippen molar-refractivity contribution in [3.8, 4) is 11.1 Å². The lowest BCUT2D eigenvalue weighted by Gasteiger charge is -2.29. The second kappa shape index (κ2) is 6.09. The third-order valence-electron chi connectivity index (χ3n) is 6.15. The zero-order valence-corrected chi connectivity index (χ0v) is 17.0. The second-order valence-electron chi connectivity index (χ2n) is 7.98. The Morgan fingerprint density at radius 2 is 1.92 bits per heavy atom. The fraction of sp³-hybridized carbons (Fsp3) is 0.455. The summed E-state index contributed by atoms with van der Waals surface area (Å²) in [5, 5.41) is 5.70. The average molecular weight is 368 g/mol. The van der Waals surface area contributed by atoms with Gasteiger partial charge in [-0.2, -0.15) is 5.10 Å². The van der Waals surface area contributed by atoms with Gasteiger partial charge >= 0.3 is 0 Å². The fourth-order valence-corrected chi connectivity index (χ4v) is 4.50. The minimum Gasteiger partial charge on any atom is -0.233 e. The molecule has 4 rings (SSSR count). The number of halogens is 1. The van der Waals surface area contributed by atoms with E-state index < -0.39 is 0 Å². The van der Waals surface area contributed by atoms with Gasteiger partial charge in [0, 0.05) is 21.7 Å². The lowest BCUT2D eigenvalue weighted by Crippen LogP contribution is -2.27. The van der Waals surface area contributed by atoms with Crippen LogP contribution in [0, 0.1) is 26.7 Å². The molecule has 0 amide bonds. The molecule has 1 aliphatic rings. The Hall–Kier alpha value is -1.87. The van der Waals surface area contributed by atoms with E-state index in [1.165, 1.54) is 18.5 Å². The highest BCUT2D eigenvalue weighted by molar-refractivity contribution is 6.30. The van der Waals surface area contributed by atoms with E-state index in [1.54, 1.807) is 0 Å². The molecule has 0 N–H and O–H groups in total. The van der Waals surface area contributed by atoms with Crippen molar-refractivity contribution in [2.75, 3.05) is 0 Å². The number of benzene rings is 1. The van der Waals surface area contributed by atoms with Crippen LogP contribution in [0.15, 0.2) is 24.3 Å². The Balaban J connectivity index is 2.01. The van der Waals surface area contributed by atoms with E-state index in [-0.39, 0.29) is 5.41 Å². The summed E-state index contributed by atoms with van der Waals surface area (Å²) in [6.45, 7) is 11.0. The number of nitrogens with zero attached hydrogens (tertiary/aromatic N) is 3. The lowest BCUT2D eigenvalue weighted by molar-refractivity contribution is 0.373. The van der Waals surface area contributed by atoms with E-state index in [4.69, 9.17) is 21.7 Å². The molecular formula is C22H26ClN3. The summed E-state index contributed by atoms with van der Waals surface area (Å²) in [4.78, 5) is 4.89. The standard InChI is InChI=1S/C22H26ClN3/c1-6-22(5,16-7-8-16)19-12-14(3)24-21-20(15(4)25-26(19)21)18-10-9-17(23)11-13(18)2/h9-12,16H,6-8H2,1-5H3. The molecule has 1 unspecified atom stereocenters. The highest BCUT2D eigenvalue weighted by atomic mass is 35.5. The smallest absolute Gasteiger partial charge is 0.163 e. The molecule has 3 nitrogen and oxygen atoms in total. The first-order valence-corrected chi connectivity index (χ1v) is 9.87. The Bertz CT molecular complexity index is 1000. The van der Waals surface area contributed by atoms with Gasteiger partial charge in [0.05, 0.1) is 11.4 Å². The first-order chi connectivity index (χ1) is 12.3. The molecule has 136 valence electrons. The highest BCUT2D eigenvalue weighted by Gasteiger charge is 2.43. The number of fused-ring (bicyclic) bond motifs is 1. The first-order valence-electron chi connectivity index (χ1n) is 9.49. The first kappa shape index (κ1) is 17.5. The molecule has 1 aliphatic carbocycles. The molecule has 2 aromatic heterocycles. The molecule has 1 saturated carbocycles. The quantitative estimate of drug-likeness (QED) is 0.561. The summed E-state index contributed by atoms with van der Waals surface area (Å²) in [6, 6.07) is 8.28. The van der Waals surface area contributed by atoms with Crippen molar-refractivity contribution >= 4 is 17.2 Å². The minimum atomic E-state index is 0.150. The minimum absolute atomic E-state index is 0.150. The van der Waals surface area contributed by atoms with Gasteiger partial charge in [-0.3, -0.25) is 0 Å². The third-order valence-corrected chi connectivity index (χ3v) is 6.38. The van der Waals surface area contributed by atoms with E-state index in [2.05, 4.69) is 51.3 Å². The summed E-state index contributed by atoms with van der Waals surface area (Å²) < 4.78 is 2.10. The zero-order chi connectivity index (χ0) is 18.6. The molecule has 3 aromatic rings. The van der Waals surface area contributed by atoms with Crippen LogP contribution >= 0.6 is 11.6 Å². The predicted octanol–water partition coefficient (Wildman–Crippen LogP) is 6.05. The summed E-state index contributed by atoms with van der Waals surface area (Å²) in [5.41, 5.74) is 7.92. The van der Waals surface area contributed by atoms with Crippen molar-refractivity contribution in [3.63, 3.8) is 0 Å².